The number of hydrogen-bond donors (Lipinski definition) is 0. The van der Waals surface area contributed by atoms with Crippen LogP contribution in [-0.4, -0.2) is 63.6 Å². The number of hydrogen-bond acceptors (Lipinski definition) is 3. The summed E-state index contributed by atoms with van der Waals surface area (Å²) in [6, 6.07) is 4.19. The Hall–Kier alpha value is -2.08. The predicted octanol–water partition coefficient (Wildman–Crippen LogP) is 3.24. The number of carbonyl (C=O) groups excluding carboxylic acids is 1. The molecule has 0 aromatic carbocycles. The van der Waals surface area contributed by atoms with Crippen molar-refractivity contribution in [3.63, 3.8) is 0 Å². The molecule has 0 radical (unpaired) electrons. The maximum absolute atomic E-state index is 13.1. The lowest BCUT2D eigenvalue weighted by atomic mass is 9.96. The summed E-state index contributed by atoms with van der Waals surface area (Å²) < 4.78 is 4.34. The van der Waals surface area contributed by atoms with Crippen molar-refractivity contribution in [2.75, 3.05) is 33.7 Å². The first-order valence-electron chi connectivity index (χ1n) is 10.1. The molecule has 0 bridgehead atoms. The van der Waals surface area contributed by atoms with Crippen LogP contribution in [0.25, 0.3) is 0 Å². The van der Waals surface area contributed by atoms with Gasteiger partial charge in [0, 0.05) is 50.2 Å². The molecule has 2 aromatic heterocycles. The van der Waals surface area contributed by atoms with E-state index in [4.69, 9.17) is 0 Å². The maximum atomic E-state index is 13.1. The van der Waals surface area contributed by atoms with Gasteiger partial charge < -0.3 is 18.9 Å². The van der Waals surface area contributed by atoms with Crippen molar-refractivity contribution in [3.8, 4) is 0 Å². The van der Waals surface area contributed by atoms with Gasteiger partial charge in [-0.05, 0) is 65.9 Å². The topological polar surface area (TPSA) is 46.3 Å². The van der Waals surface area contributed by atoms with Gasteiger partial charge in [0.1, 0.15) is 11.5 Å². The second-order valence-corrected chi connectivity index (χ2v) is 8.12. The van der Waals surface area contributed by atoms with Gasteiger partial charge in [-0.25, -0.2) is 4.98 Å². The molecule has 1 atom stereocenters. The predicted molar refractivity (Wildman–Crippen MR) is 108 cm³/mol. The van der Waals surface area contributed by atoms with Crippen LogP contribution >= 0.6 is 0 Å². The number of piperidine rings is 1. The number of likely N-dealkylation sites (tertiary alicyclic amines) is 1. The van der Waals surface area contributed by atoms with Crippen LogP contribution in [0.1, 0.15) is 61.4 Å². The third-order valence-electron chi connectivity index (χ3n) is 5.38. The molecule has 3 rings (SSSR count). The minimum Gasteiger partial charge on any atom is -0.341 e. The van der Waals surface area contributed by atoms with Crippen molar-refractivity contribution >= 4 is 5.91 Å². The number of imidazole rings is 1. The zero-order chi connectivity index (χ0) is 19.4. The molecular formula is C21H33N5O. The third-order valence-corrected chi connectivity index (χ3v) is 5.38. The first-order valence-corrected chi connectivity index (χ1v) is 10.1. The minimum atomic E-state index is 0.143. The fourth-order valence-electron chi connectivity index (χ4n) is 3.99. The molecule has 1 aliphatic rings. The monoisotopic (exact) mass is 371 g/mol. The Morgan fingerprint density at radius 3 is 2.89 bits per heavy atom. The Morgan fingerprint density at radius 1 is 1.33 bits per heavy atom. The summed E-state index contributed by atoms with van der Waals surface area (Å²) >= 11 is 0. The van der Waals surface area contributed by atoms with Gasteiger partial charge in [0.15, 0.2) is 0 Å². The minimum absolute atomic E-state index is 0.143. The number of aromatic nitrogens is 3. The fourth-order valence-corrected chi connectivity index (χ4v) is 3.99. The molecule has 27 heavy (non-hydrogen) atoms. The van der Waals surface area contributed by atoms with Crippen molar-refractivity contribution in [1.82, 2.24) is 23.9 Å². The molecule has 0 unspecified atom stereocenters. The highest BCUT2D eigenvalue weighted by molar-refractivity contribution is 5.93. The molecule has 1 aliphatic heterocycles. The quantitative estimate of drug-likeness (QED) is 0.751. The third kappa shape index (κ3) is 4.61. The second-order valence-electron chi connectivity index (χ2n) is 8.12. The average Bonchev–Trinajstić information content (AvgIpc) is 3.30. The van der Waals surface area contributed by atoms with Gasteiger partial charge in [-0.1, -0.05) is 0 Å². The molecule has 2 aromatic rings. The summed E-state index contributed by atoms with van der Waals surface area (Å²) in [5.74, 6) is 1.59. The van der Waals surface area contributed by atoms with E-state index in [0.29, 0.717) is 5.92 Å². The van der Waals surface area contributed by atoms with Crippen molar-refractivity contribution in [2.45, 2.75) is 51.6 Å². The molecule has 148 valence electrons. The van der Waals surface area contributed by atoms with E-state index in [1.807, 2.05) is 29.4 Å². The normalized spacial score (nSPS) is 17.9. The first kappa shape index (κ1) is 19.7. The fraction of sp³-hybridized carbons (Fsp3) is 0.619. The highest BCUT2D eigenvalue weighted by Crippen LogP contribution is 2.27. The Labute approximate surface area is 162 Å². The number of amides is 1. The average molecular weight is 372 g/mol. The summed E-state index contributed by atoms with van der Waals surface area (Å²) in [6.07, 6.45) is 9.21. The number of aryl methyl sites for hydroxylation is 1. The van der Waals surface area contributed by atoms with E-state index < -0.39 is 0 Å². The summed E-state index contributed by atoms with van der Waals surface area (Å²) in [6.45, 7) is 7.86. The molecule has 0 N–H and O–H groups in total. The highest BCUT2D eigenvalue weighted by Gasteiger charge is 2.29. The zero-order valence-corrected chi connectivity index (χ0v) is 17.1. The Morgan fingerprint density at radius 2 is 2.15 bits per heavy atom. The molecule has 3 heterocycles. The van der Waals surface area contributed by atoms with E-state index in [1.54, 1.807) is 0 Å². The molecule has 1 saturated heterocycles. The van der Waals surface area contributed by atoms with Gasteiger partial charge in [-0.3, -0.25) is 4.79 Å². The van der Waals surface area contributed by atoms with Crippen LogP contribution < -0.4 is 0 Å². The summed E-state index contributed by atoms with van der Waals surface area (Å²) in [7, 11) is 4.21. The first-order chi connectivity index (χ1) is 13.0. The van der Waals surface area contributed by atoms with Crippen LogP contribution in [0.2, 0.25) is 0 Å². The standard InChI is InChI=1S/C21H33N5O/c1-17(2)26-14-6-9-19(26)21(27)25-12-5-8-18(16-25)20-22-10-15-24(20)13-7-11-23(3)4/h6,9-10,14-15,17-18H,5,7-8,11-13,16H2,1-4H3/t18-/m1/s1. The molecule has 1 fully saturated rings. The van der Waals surface area contributed by atoms with Crippen molar-refractivity contribution < 1.29 is 4.79 Å². The Balaban J connectivity index is 1.69. The largest absolute Gasteiger partial charge is 0.341 e. The van der Waals surface area contributed by atoms with Crippen LogP contribution in [0.5, 0.6) is 0 Å². The Kier molecular flexibility index (Phi) is 6.37. The summed E-state index contributed by atoms with van der Waals surface area (Å²) in [5.41, 5.74) is 0.792. The number of rotatable bonds is 7. The van der Waals surface area contributed by atoms with Crippen molar-refractivity contribution in [2.24, 2.45) is 0 Å². The summed E-state index contributed by atoms with van der Waals surface area (Å²) in [4.78, 5) is 22.0. The number of nitrogens with zero attached hydrogens (tertiary/aromatic N) is 5. The van der Waals surface area contributed by atoms with Crippen LogP contribution in [0, 0.1) is 0 Å². The van der Waals surface area contributed by atoms with Crippen molar-refractivity contribution in [1.29, 1.82) is 0 Å². The lowest BCUT2D eigenvalue weighted by Crippen LogP contribution is -2.40. The highest BCUT2D eigenvalue weighted by atomic mass is 16.2. The summed E-state index contributed by atoms with van der Waals surface area (Å²) in [5, 5.41) is 0. The number of carbonyl (C=O) groups is 1. The van der Waals surface area contributed by atoms with Gasteiger partial charge in [0.25, 0.3) is 5.91 Å². The molecule has 1 amide bonds. The van der Waals surface area contributed by atoms with E-state index in [9.17, 15) is 4.79 Å². The molecular weight excluding hydrogens is 338 g/mol. The maximum Gasteiger partial charge on any atom is 0.270 e. The van der Waals surface area contributed by atoms with E-state index in [0.717, 1.165) is 57.0 Å². The second kappa shape index (κ2) is 8.74. The van der Waals surface area contributed by atoms with Crippen LogP contribution in [0.4, 0.5) is 0 Å². The smallest absolute Gasteiger partial charge is 0.270 e. The molecule has 6 nitrogen and oxygen atoms in total. The molecule has 0 saturated carbocycles. The van der Waals surface area contributed by atoms with Gasteiger partial charge in [0.05, 0.1) is 0 Å². The molecule has 0 aliphatic carbocycles. The van der Waals surface area contributed by atoms with Crippen LogP contribution in [-0.2, 0) is 6.54 Å². The zero-order valence-electron chi connectivity index (χ0n) is 17.1. The van der Waals surface area contributed by atoms with Crippen molar-refractivity contribution in [3.05, 3.63) is 42.2 Å². The van der Waals surface area contributed by atoms with E-state index in [1.165, 1.54) is 0 Å². The van der Waals surface area contributed by atoms with E-state index in [2.05, 4.69) is 53.2 Å². The van der Waals surface area contributed by atoms with Crippen LogP contribution in [0.15, 0.2) is 30.7 Å². The lowest BCUT2D eigenvalue weighted by molar-refractivity contribution is 0.0690. The van der Waals surface area contributed by atoms with E-state index >= 15 is 0 Å². The van der Waals surface area contributed by atoms with E-state index in [-0.39, 0.29) is 11.9 Å². The SMILES string of the molecule is CC(C)n1cccc1C(=O)N1CCC[C@@H](c2nccn2CCCN(C)C)C1. The molecule has 6 heteroatoms. The van der Waals surface area contributed by atoms with Crippen LogP contribution in [0.3, 0.4) is 0 Å². The molecule has 0 spiro atoms. The van der Waals surface area contributed by atoms with Gasteiger partial charge >= 0.3 is 0 Å². The van der Waals surface area contributed by atoms with Gasteiger partial charge in [-0.15, -0.1) is 0 Å². The van der Waals surface area contributed by atoms with Gasteiger partial charge in [-0.2, -0.15) is 0 Å². The lowest BCUT2D eigenvalue weighted by Gasteiger charge is -2.33. The Bertz CT molecular complexity index is 745. The van der Waals surface area contributed by atoms with Gasteiger partial charge in [0.2, 0.25) is 0 Å².